The molecule has 0 saturated heterocycles. The molecule has 0 aromatic heterocycles. The summed E-state index contributed by atoms with van der Waals surface area (Å²) < 4.78 is 0. The quantitative estimate of drug-likeness (QED) is 0.402. The number of hydrogen-bond donors (Lipinski definition) is 1. The minimum atomic E-state index is -0.404. The molecule has 0 aliphatic heterocycles. The molecule has 2 N–H and O–H groups in total. The van der Waals surface area contributed by atoms with Crippen LogP contribution in [0.2, 0.25) is 0 Å². The number of nitro groups is 1. The third kappa shape index (κ3) is 3.32. The van der Waals surface area contributed by atoms with Crippen LogP contribution in [0.3, 0.4) is 0 Å². The van der Waals surface area contributed by atoms with Crippen molar-refractivity contribution < 1.29 is 4.92 Å². The maximum Gasteiger partial charge on any atom is 0.283 e. The second-order valence-corrected chi connectivity index (χ2v) is 4.79. The Hall–Kier alpha value is -2.34. The highest BCUT2D eigenvalue weighted by Crippen LogP contribution is 2.34. The van der Waals surface area contributed by atoms with Crippen molar-refractivity contribution in [3.63, 3.8) is 0 Å². The number of benzene rings is 2. The Morgan fingerprint density at radius 2 is 1.95 bits per heavy atom. The Morgan fingerprint density at radius 3 is 2.58 bits per heavy atom. The molecule has 0 atom stereocenters. The summed E-state index contributed by atoms with van der Waals surface area (Å²) >= 11 is 1.35. The van der Waals surface area contributed by atoms with Gasteiger partial charge >= 0.3 is 0 Å². The summed E-state index contributed by atoms with van der Waals surface area (Å²) in [7, 11) is 0. The van der Waals surface area contributed by atoms with Crippen LogP contribution < -0.4 is 5.84 Å². The molecule has 0 amide bonds. The summed E-state index contributed by atoms with van der Waals surface area (Å²) in [6.07, 6.45) is 1.38. The van der Waals surface area contributed by atoms with Crippen LogP contribution in [-0.4, -0.2) is 11.1 Å². The molecule has 0 unspecified atom stereocenters. The van der Waals surface area contributed by atoms with Gasteiger partial charge in [-0.25, -0.2) is 0 Å². The van der Waals surface area contributed by atoms with E-state index in [1.807, 2.05) is 30.3 Å². The molecule has 5 nitrogen and oxygen atoms in total. The minimum absolute atomic E-state index is 0.0475. The standard InChI is InChI=1S/C13H11N3O2S/c14-15-9-10-6-7-13(12(8-10)16(17)18)19-11-4-2-1-3-5-11/h1-9H,14H2. The minimum Gasteiger partial charge on any atom is -0.323 e. The summed E-state index contributed by atoms with van der Waals surface area (Å²) in [5.41, 5.74) is 0.651. The van der Waals surface area contributed by atoms with Crippen molar-refractivity contribution in [2.24, 2.45) is 10.9 Å². The van der Waals surface area contributed by atoms with Crippen LogP contribution in [0.15, 0.2) is 63.4 Å². The van der Waals surface area contributed by atoms with Crippen molar-refractivity contribution in [2.75, 3.05) is 0 Å². The molecule has 0 bridgehead atoms. The van der Waals surface area contributed by atoms with E-state index in [4.69, 9.17) is 5.84 Å². The Balaban J connectivity index is 2.37. The topological polar surface area (TPSA) is 81.5 Å². The van der Waals surface area contributed by atoms with Gasteiger partial charge in [-0.05, 0) is 18.2 Å². The number of hydrazone groups is 1. The predicted octanol–water partition coefficient (Wildman–Crippen LogP) is 3.04. The van der Waals surface area contributed by atoms with Crippen molar-refractivity contribution in [2.45, 2.75) is 9.79 Å². The Morgan fingerprint density at radius 1 is 1.21 bits per heavy atom. The van der Waals surface area contributed by atoms with Crippen LogP contribution >= 0.6 is 11.8 Å². The monoisotopic (exact) mass is 273 g/mol. The largest absolute Gasteiger partial charge is 0.323 e. The van der Waals surface area contributed by atoms with E-state index in [9.17, 15) is 10.1 Å². The first-order valence-corrected chi connectivity index (χ1v) is 6.27. The zero-order valence-electron chi connectivity index (χ0n) is 9.89. The van der Waals surface area contributed by atoms with Crippen LogP contribution in [0, 0.1) is 10.1 Å². The zero-order valence-corrected chi connectivity index (χ0v) is 10.7. The number of rotatable bonds is 4. The van der Waals surface area contributed by atoms with Gasteiger partial charge in [0.15, 0.2) is 0 Å². The van der Waals surface area contributed by atoms with E-state index in [-0.39, 0.29) is 5.69 Å². The highest BCUT2D eigenvalue weighted by atomic mass is 32.2. The van der Waals surface area contributed by atoms with Crippen LogP contribution in [0.5, 0.6) is 0 Å². The molecule has 0 radical (unpaired) electrons. The third-order valence-electron chi connectivity index (χ3n) is 2.37. The lowest BCUT2D eigenvalue weighted by molar-refractivity contribution is -0.387. The highest BCUT2D eigenvalue weighted by Gasteiger charge is 2.15. The van der Waals surface area contributed by atoms with E-state index >= 15 is 0 Å². The second kappa shape index (κ2) is 6.01. The van der Waals surface area contributed by atoms with Crippen molar-refractivity contribution in [1.82, 2.24) is 0 Å². The van der Waals surface area contributed by atoms with Gasteiger partial charge in [0.05, 0.1) is 16.0 Å². The van der Waals surface area contributed by atoms with Gasteiger partial charge in [0.25, 0.3) is 5.69 Å². The third-order valence-corrected chi connectivity index (χ3v) is 3.45. The average molecular weight is 273 g/mol. The van der Waals surface area contributed by atoms with Gasteiger partial charge in [-0.3, -0.25) is 10.1 Å². The number of nitrogens with two attached hydrogens (primary N) is 1. The van der Waals surface area contributed by atoms with Gasteiger partial charge in [-0.15, -0.1) is 0 Å². The predicted molar refractivity (Wildman–Crippen MR) is 75.4 cm³/mol. The maximum absolute atomic E-state index is 11.1. The first-order valence-electron chi connectivity index (χ1n) is 5.45. The highest BCUT2D eigenvalue weighted by molar-refractivity contribution is 7.99. The fourth-order valence-corrected chi connectivity index (χ4v) is 2.47. The molecule has 0 aliphatic rings. The van der Waals surface area contributed by atoms with Crippen molar-refractivity contribution in [1.29, 1.82) is 0 Å². The van der Waals surface area contributed by atoms with Crippen molar-refractivity contribution >= 4 is 23.7 Å². The first-order chi connectivity index (χ1) is 9.20. The summed E-state index contributed by atoms with van der Waals surface area (Å²) in [5, 5.41) is 14.5. The molecule has 2 rings (SSSR count). The molecule has 0 saturated carbocycles. The SMILES string of the molecule is NN=Cc1ccc(Sc2ccccc2)c([N+](=O)[O-])c1. The Kier molecular flexibility index (Phi) is 4.15. The molecule has 0 heterocycles. The van der Waals surface area contributed by atoms with Gasteiger partial charge in [0.2, 0.25) is 0 Å². The van der Waals surface area contributed by atoms with Crippen LogP contribution in [0.25, 0.3) is 0 Å². The number of nitrogens with zero attached hydrogens (tertiary/aromatic N) is 2. The molecular weight excluding hydrogens is 262 g/mol. The molecule has 0 aliphatic carbocycles. The molecular formula is C13H11N3O2S. The van der Waals surface area contributed by atoms with E-state index in [2.05, 4.69) is 5.10 Å². The van der Waals surface area contributed by atoms with E-state index in [0.29, 0.717) is 10.5 Å². The van der Waals surface area contributed by atoms with Gasteiger partial charge in [0.1, 0.15) is 0 Å². The van der Waals surface area contributed by atoms with Crippen LogP contribution in [-0.2, 0) is 0 Å². The van der Waals surface area contributed by atoms with Crippen LogP contribution in [0.1, 0.15) is 5.56 Å². The summed E-state index contributed by atoms with van der Waals surface area (Å²) in [4.78, 5) is 12.2. The lowest BCUT2D eigenvalue weighted by Gasteiger charge is -2.03. The van der Waals surface area contributed by atoms with Crippen LogP contribution in [0.4, 0.5) is 5.69 Å². The lowest BCUT2D eigenvalue weighted by Crippen LogP contribution is -1.94. The summed E-state index contributed by atoms with van der Waals surface area (Å²) in [5.74, 6) is 5.04. The summed E-state index contributed by atoms with van der Waals surface area (Å²) in [6, 6.07) is 14.4. The smallest absolute Gasteiger partial charge is 0.283 e. The molecule has 96 valence electrons. The van der Waals surface area contributed by atoms with Gasteiger partial charge in [-0.1, -0.05) is 36.0 Å². The van der Waals surface area contributed by atoms with Gasteiger partial charge in [0, 0.05) is 16.5 Å². The maximum atomic E-state index is 11.1. The fraction of sp³-hybridized carbons (Fsp3) is 0. The summed E-state index contributed by atoms with van der Waals surface area (Å²) in [6.45, 7) is 0. The van der Waals surface area contributed by atoms with E-state index in [1.54, 1.807) is 12.1 Å². The molecule has 19 heavy (non-hydrogen) atoms. The van der Waals surface area contributed by atoms with E-state index in [1.165, 1.54) is 24.0 Å². The molecule has 6 heteroatoms. The van der Waals surface area contributed by atoms with Crippen molar-refractivity contribution in [3.05, 3.63) is 64.2 Å². The normalized spacial score (nSPS) is 10.7. The van der Waals surface area contributed by atoms with E-state index in [0.717, 1.165) is 4.90 Å². The Bertz CT molecular complexity index is 615. The Labute approximate surface area is 114 Å². The number of nitro benzene ring substituents is 1. The van der Waals surface area contributed by atoms with Crippen molar-refractivity contribution in [3.8, 4) is 0 Å². The molecule has 0 fully saturated rings. The molecule has 2 aromatic rings. The average Bonchev–Trinajstić information content (AvgIpc) is 2.42. The van der Waals surface area contributed by atoms with E-state index < -0.39 is 4.92 Å². The number of hydrogen-bond acceptors (Lipinski definition) is 5. The zero-order chi connectivity index (χ0) is 13.7. The first kappa shape index (κ1) is 13.1. The van der Waals surface area contributed by atoms with Gasteiger partial charge in [-0.2, -0.15) is 5.10 Å². The molecule has 2 aromatic carbocycles. The second-order valence-electron chi connectivity index (χ2n) is 3.68. The lowest BCUT2D eigenvalue weighted by atomic mass is 10.2. The fourth-order valence-electron chi connectivity index (χ4n) is 1.55. The van der Waals surface area contributed by atoms with Gasteiger partial charge < -0.3 is 5.84 Å². The molecule has 0 spiro atoms.